The lowest BCUT2D eigenvalue weighted by molar-refractivity contribution is 0.0449. The molecule has 2 unspecified atom stereocenters. The molecule has 13 heteroatoms. The van der Waals surface area contributed by atoms with Crippen molar-refractivity contribution < 1.29 is 27.8 Å². The van der Waals surface area contributed by atoms with E-state index in [4.69, 9.17) is 29.0 Å². The number of nitrogens with zero attached hydrogens (tertiary/aromatic N) is 4. The highest BCUT2D eigenvalue weighted by Gasteiger charge is 2.35. The predicted molar refractivity (Wildman–Crippen MR) is 118 cm³/mol. The zero-order valence-corrected chi connectivity index (χ0v) is 20.4. The topological polar surface area (TPSA) is 133 Å². The summed E-state index contributed by atoms with van der Waals surface area (Å²) in [7, 11) is -1.72. The number of anilines is 1. The monoisotopic (exact) mass is 521 g/mol. The molecule has 31 heavy (non-hydrogen) atoms. The number of imidazole rings is 1. The van der Waals surface area contributed by atoms with E-state index in [1.807, 2.05) is 4.57 Å². The number of nitrogen functional groups attached to an aromatic ring is 1. The number of nitrogens with two attached hydrogens (primary N) is 1. The molecule has 0 saturated heterocycles. The van der Waals surface area contributed by atoms with Crippen LogP contribution in [0.1, 0.15) is 39.2 Å². The van der Waals surface area contributed by atoms with E-state index in [9.17, 15) is 4.57 Å². The Balaban J connectivity index is 1.85. The van der Waals surface area contributed by atoms with E-state index >= 15 is 0 Å². The van der Waals surface area contributed by atoms with Gasteiger partial charge in [-0.2, -0.15) is 9.97 Å². The molecule has 1 aliphatic rings. The quantitative estimate of drug-likeness (QED) is 0.251. The van der Waals surface area contributed by atoms with Crippen molar-refractivity contribution in [2.24, 2.45) is 0 Å². The van der Waals surface area contributed by atoms with Gasteiger partial charge in [0, 0.05) is 7.11 Å². The maximum Gasteiger partial charge on any atom is 0.356 e. The molecule has 174 valence electrons. The number of fused-ring (bicyclic) bond motifs is 1. The largest absolute Gasteiger partial charge is 0.461 e. The van der Waals surface area contributed by atoms with Crippen LogP contribution in [0.25, 0.3) is 11.2 Å². The van der Waals surface area contributed by atoms with Crippen molar-refractivity contribution in [1.82, 2.24) is 19.5 Å². The van der Waals surface area contributed by atoms with E-state index in [1.165, 1.54) is 0 Å². The standard InChI is InChI=1S/C18H29BrN5O6P/c1-4-29-31(25,30-5-2)11-28-13-8-6-7-12(13)24-16-14(21-17(24)19)15(20)22-18(23-16)27-10-9-26-3/h12-13H,4-11H2,1-3H3,(H2,20,22,23). The molecular weight excluding hydrogens is 493 g/mol. The molecule has 1 fully saturated rings. The minimum atomic E-state index is -3.30. The second-order valence-electron chi connectivity index (χ2n) is 6.93. The number of ether oxygens (including phenoxy) is 3. The van der Waals surface area contributed by atoms with Crippen LogP contribution in [0.2, 0.25) is 0 Å². The van der Waals surface area contributed by atoms with Gasteiger partial charge in [0.15, 0.2) is 21.7 Å². The van der Waals surface area contributed by atoms with E-state index in [1.54, 1.807) is 21.0 Å². The summed E-state index contributed by atoms with van der Waals surface area (Å²) in [6.07, 6.45) is 2.26. The van der Waals surface area contributed by atoms with Crippen molar-refractivity contribution in [1.29, 1.82) is 0 Å². The number of methoxy groups -OCH3 is 1. The Labute approximate surface area is 189 Å². The summed E-state index contributed by atoms with van der Waals surface area (Å²) in [4.78, 5) is 13.2. The van der Waals surface area contributed by atoms with E-state index in [0.29, 0.717) is 29.1 Å². The Hall–Kier alpha value is -1.30. The van der Waals surface area contributed by atoms with Gasteiger partial charge in [-0.3, -0.25) is 9.13 Å². The van der Waals surface area contributed by atoms with Gasteiger partial charge in [-0.1, -0.05) is 0 Å². The number of hydrogen-bond donors (Lipinski definition) is 1. The fraction of sp³-hybridized carbons (Fsp3) is 0.722. The summed E-state index contributed by atoms with van der Waals surface area (Å²) in [5, 5.41) is 0. The Kier molecular flexibility index (Phi) is 8.65. The third kappa shape index (κ3) is 5.74. The maximum atomic E-state index is 12.8. The molecule has 3 rings (SSSR count). The second kappa shape index (κ2) is 11.0. The van der Waals surface area contributed by atoms with Gasteiger partial charge in [0.25, 0.3) is 0 Å². The Morgan fingerprint density at radius 2 is 1.90 bits per heavy atom. The summed E-state index contributed by atoms with van der Waals surface area (Å²) < 4.78 is 42.6. The minimum absolute atomic E-state index is 0.0859. The van der Waals surface area contributed by atoms with Gasteiger partial charge in [0.2, 0.25) is 0 Å². The molecule has 1 aliphatic carbocycles. The Bertz CT molecular complexity index is 918. The first-order chi connectivity index (χ1) is 14.9. The normalized spacial score (nSPS) is 19.4. The fourth-order valence-electron chi connectivity index (χ4n) is 3.61. The zero-order chi connectivity index (χ0) is 22.4. The molecule has 2 aromatic rings. The average Bonchev–Trinajstić information content (AvgIpc) is 3.30. The lowest BCUT2D eigenvalue weighted by Gasteiger charge is -2.25. The predicted octanol–water partition coefficient (Wildman–Crippen LogP) is 3.53. The maximum absolute atomic E-state index is 12.8. The van der Waals surface area contributed by atoms with Crippen molar-refractivity contribution in [2.45, 2.75) is 45.3 Å². The summed E-state index contributed by atoms with van der Waals surface area (Å²) in [5.41, 5.74) is 7.12. The summed E-state index contributed by atoms with van der Waals surface area (Å²) in [6, 6.07) is 0.0700. The molecule has 2 N–H and O–H groups in total. The van der Waals surface area contributed by atoms with Gasteiger partial charge < -0.3 is 29.0 Å². The fourth-order valence-corrected chi connectivity index (χ4v) is 5.60. The third-order valence-electron chi connectivity index (χ3n) is 4.87. The van der Waals surface area contributed by atoms with E-state index in [-0.39, 0.29) is 43.5 Å². The summed E-state index contributed by atoms with van der Waals surface area (Å²) in [6.45, 7) is 4.83. The smallest absolute Gasteiger partial charge is 0.356 e. The van der Waals surface area contributed by atoms with Gasteiger partial charge in [-0.25, -0.2) is 4.98 Å². The van der Waals surface area contributed by atoms with Crippen molar-refractivity contribution in [3.63, 3.8) is 0 Å². The Morgan fingerprint density at radius 1 is 1.16 bits per heavy atom. The van der Waals surface area contributed by atoms with Crippen LogP contribution in [0.15, 0.2) is 4.73 Å². The molecule has 0 amide bonds. The van der Waals surface area contributed by atoms with Gasteiger partial charge in [0.1, 0.15) is 13.0 Å². The molecule has 2 heterocycles. The van der Waals surface area contributed by atoms with Gasteiger partial charge in [-0.15, -0.1) is 0 Å². The summed E-state index contributed by atoms with van der Waals surface area (Å²) in [5.74, 6) is 0.226. The number of rotatable bonds is 12. The molecular formula is C18H29BrN5O6P. The van der Waals surface area contributed by atoms with Crippen molar-refractivity contribution in [3.8, 4) is 6.01 Å². The molecule has 0 spiro atoms. The molecule has 0 aromatic carbocycles. The molecule has 2 atom stereocenters. The van der Waals surface area contributed by atoms with Crippen molar-refractivity contribution in [3.05, 3.63) is 4.73 Å². The van der Waals surface area contributed by atoms with E-state index in [0.717, 1.165) is 19.3 Å². The zero-order valence-electron chi connectivity index (χ0n) is 18.0. The van der Waals surface area contributed by atoms with Crippen molar-refractivity contribution in [2.75, 3.05) is 45.6 Å². The van der Waals surface area contributed by atoms with Crippen LogP contribution in [-0.4, -0.2) is 65.5 Å². The second-order valence-corrected chi connectivity index (χ2v) is 9.64. The van der Waals surface area contributed by atoms with Gasteiger partial charge in [0.05, 0.1) is 32.0 Å². The highest BCUT2D eigenvalue weighted by Crippen LogP contribution is 2.49. The van der Waals surface area contributed by atoms with Crippen LogP contribution >= 0.6 is 23.5 Å². The molecule has 0 aliphatic heterocycles. The SMILES string of the molecule is CCOP(=O)(COC1CCCC1n1c(Br)nc2c(N)nc(OCCOC)nc21)OCC. The van der Waals surface area contributed by atoms with Crippen LogP contribution in [0.3, 0.4) is 0 Å². The third-order valence-corrected chi connectivity index (χ3v) is 7.20. The van der Waals surface area contributed by atoms with Gasteiger partial charge >= 0.3 is 13.6 Å². The first-order valence-electron chi connectivity index (χ1n) is 10.2. The molecule has 0 bridgehead atoms. The number of aromatic nitrogens is 4. The first-order valence-corrected chi connectivity index (χ1v) is 12.8. The highest BCUT2D eigenvalue weighted by atomic mass is 79.9. The van der Waals surface area contributed by atoms with Crippen LogP contribution in [0, 0.1) is 0 Å². The van der Waals surface area contributed by atoms with Crippen LogP contribution in [0.4, 0.5) is 5.82 Å². The molecule has 1 saturated carbocycles. The van der Waals surface area contributed by atoms with Crippen LogP contribution in [0.5, 0.6) is 6.01 Å². The van der Waals surface area contributed by atoms with E-state index < -0.39 is 7.60 Å². The van der Waals surface area contributed by atoms with Crippen LogP contribution < -0.4 is 10.5 Å². The summed E-state index contributed by atoms with van der Waals surface area (Å²) >= 11 is 3.52. The average molecular weight is 522 g/mol. The Morgan fingerprint density at radius 3 is 2.58 bits per heavy atom. The molecule has 11 nitrogen and oxygen atoms in total. The molecule has 0 radical (unpaired) electrons. The van der Waals surface area contributed by atoms with Crippen molar-refractivity contribution >= 4 is 40.5 Å². The lowest BCUT2D eigenvalue weighted by atomic mass is 10.2. The van der Waals surface area contributed by atoms with E-state index in [2.05, 4.69) is 30.9 Å². The first kappa shape index (κ1) is 24.3. The lowest BCUT2D eigenvalue weighted by Crippen LogP contribution is -2.23. The minimum Gasteiger partial charge on any atom is -0.461 e. The number of halogens is 1. The van der Waals surface area contributed by atoms with Gasteiger partial charge in [-0.05, 0) is 49.0 Å². The van der Waals surface area contributed by atoms with Crippen LogP contribution in [-0.2, 0) is 23.1 Å². The highest BCUT2D eigenvalue weighted by molar-refractivity contribution is 9.10. The number of hydrogen-bond acceptors (Lipinski definition) is 10. The molecule has 2 aromatic heterocycles.